The van der Waals surface area contributed by atoms with Gasteiger partial charge >= 0.3 is 5.97 Å². The van der Waals surface area contributed by atoms with E-state index in [1.807, 2.05) is 24.3 Å². The lowest BCUT2D eigenvalue weighted by molar-refractivity contribution is 0.0697. The van der Waals surface area contributed by atoms with Crippen molar-refractivity contribution in [2.75, 3.05) is 0 Å². The smallest absolute Gasteiger partial charge is 0.335 e. The minimum absolute atomic E-state index is 0.0881. The Labute approximate surface area is 186 Å². The topological polar surface area (TPSA) is 85.3 Å². The van der Waals surface area contributed by atoms with Crippen molar-refractivity contribution >= 4 is 51.7 Å². The largest absolute Gasteiger partial charge is 0.478 e. The number of nitrogens with zero attached hydrogens (tertiary/aromatic N) is 2. The van der Waals surface area contributed by atoms with Crippen LogP contribution in [0.3, 0.4) is 0 Å². The third-order valence-corrected chi connectivity index (χ3v) is 5.98. The van der Waals surface area contributed by atoms with Gasteiger partial charge in [-0.05, 0) is 61.0 Å². The number of aromatic nitrogens is 2. The third-order valence-electron chi connectivity index (χ3n) is 5.24. The summed E-state index contributed by atoms with van der Waals surface area (Å²) in [6.45, 7) is 0.504. The molecule has 0 fully saturated rings. The maximum absolute atomic E-state index is 12.8. The molecule has 8 heteroatoms. The van der Waals surface area contributed by atoms with Gasteiger partial charge in [0.25, 0.3) is 5.56 Å². The van der Waals surface area contributed by atoms with Gasteiger partial charge in [-0.1, -0.05) is 23.2 Å². The molecule has 0 amide bonds. The minimum Gasteiger partial charge on any atom is -0.478 e. The van der Waals surface area contributed by atoms with Gasteiger partial charge in [-0.3, -0.25) is 9.36 Å². The fourth-order valence-electron chi connectivity index (χ4n) is 3.69. The molecule has 4 aromatic rings. The third kappa shape index (κ3) is 3.44. The Kier molecular flexibility index (Phi) is 4.68. The van der Waals surface area contributed by atoms with Crippen molar-refractivity contribution in [3.63, 3.8) is 0 Å². The number of carbonyl (C=O) groups is 1. The van der Waals surface area contributed by atoms with Crippen molar-refractivity contribution in [2.45, 2.75) is 13.0 Å². The van der Waals surface area contributed by atoms with Gasteiger partial charge in [0.2, 0.25) is 0 Å². The van der Waals surface area contributed by atoms with Crippen LogP contribution in [0.5, 0.6) is 0 Å². The summed E-state index contributed by atoms with van der Waals surface area (Å²) in [6.07, 6.45) is 2.46. The van der Waals surface area contributed by atoms with E-state index in [4.69, 9.17) is 27.6 Å². The Morgan fingerprint density at radius 2 is 1.94 bits per heavy atom. The van der Waals surface area contributed by atoms with Crippen LogP contribution in [0.2, 0.25) is 10.0 Å². The van der Waals surface area contributed by atoms with Crippen LogP contribution in [0, 0.1) is 0 Å². The summed E-state index contributed by atoms with van der Waals surface area (Å²) in [7, 11) is 0. The molecule has 0 unspecified atom stereocenters. The fourth-order valence-corrected chi connectivity index (χ4v) is 3.99. The summed E-state index contributed by atoms with van der Waals surface area (Å²) in [5.74, 6) is 0.703. The second-order valence-electron chi connectivity index (χ2n) is 7.18. The lowest BCUT2D eigenvalue weighted by atomic mass is 10.1. The van der Waals surface area contributed by atoms with Gasteiger partial charge in [0.05, 0.1) is 26.5 Å². The minimum atomic E-state index is -1.06. The highest BCUT2D eigenvalue weighted by molar-refractivity contribution is 6.42. The highest BCUT2D eigenvalue weighted by Gasteiger charge is 2.22. The maximum atomic E-state index is 12.8. The number of halogens is 2. The van der Waals surface area contributed by atoms with Crippen LogP contribution in [0.15, 0.2) is 57.7 Å². The maximum Gasteiger partial charge on any atom is 0.335 e. The van der Waals surface area contributed by atoms with Crippen molar-refractivity contribution in [1.82, 2.24) is 9.55 Å². The highest BCUT2D eigenvalue weighted by Crippen LogP contribution is 2.32. The van der Waals surface area contributed by atoms with Crippen molar-refractivity contribution in [1.29, 1.82) is 0 Å². The summed E-state index contributed by atoms with van der Waals surface area (Å²) < 4.78 is 7.55. The summed E-state index contributed by atoms with van der Waals surface area (Å²) >= 11 is 12.1. The molecule has 0 radical (unpaired) electrons. The predicted molar refractivity (Wildman–Crippen MR) is 120 cm³/mol. The van der Waals surface area contributed by atoms with Crippen molar-refractivity contribution in [2.24, 2.45) is 0 Å². The molecule has 2 aromatic carbocycles. The molecule has 5 rings (SSSR count). The zero-order valence-electron chi connectivity index (χ0n) is 15.9. The van der Waals surface area contributed by atoms with E-state index in [0.717, 1.165) is 11.1 Å². The number of aromatic carboxylic acids is 1. The molecule has 6 nitrogen and oxygen atoms in total. The number of carboxylic acid groups (broad SMARTS) is 1. The van der Waals surface area contributed by atoms with Gasteiger partial charge in [0, 0.05) is 17.7 Å². The molecule has 3 heterocycles. The molecule has 0 aliphatic carbocycles. The van der Waals surface area contributed by atoms with Crippen LogP contribution in [0.4, 0.5) is 0 Å². The fraction of sp³-hybridized carbons (Fsp3) is 0.0870. The SMILES string of the molecule is O=C(O)c1ccc2c(=O)n3c(nc2c1)/C(=C/c1ccc(-c2ccc(Cl)c(Cl)c2)o1)CC3. The Balaban J connectivity index is 1.56. The molecular weight excluding hydrogens is 439 g/mol. The van der Waals surface area contributed by atoms with E-state index in [1.54, 1.807) is 16.7 Å². The lowest BCUT2D eigenvalue weighted by Crippen LogP contribution is -2.20. The van der Waals surface area contributed by atoms with Gasteiger partial charge in [0.1, 0.15) is 17.3 Å². The van der Waals surface area contributed by atoms with E-state index in [0.29, 0.717) is 51.3 Å². The van der Waals surface area contributed by atoms with Crippen LogP contribution in [0.25, 0.3) is 33.9 Å². The first-order chi connectivity index (χ1) is 14.9. The molecular formula is C23H14Cl2N2O4. The first kappa shape index (κ1) is 19.6. The average Bonchev–Trinajstić information content (AvgIpc) is 3.38. The number of allylic oxidation sites excluding steroid dienone is 1. The molecule has 154 valence electrons. The van der Waals surface area contributed by atoms with E-state index in [9.17, 15) is 14.7 Å². The zero-order chi connectivity index (χ0) is 21.7. The van der Waals surface area contributed by atoms with Crippen LogP contribution >= 0.6 is 23.2 Å². The Bertz CT molecular complexity index is 1470. The number of benzene rings is 2. The Morgan fingerprint density at radius 3 is 2.71 bits per heavy atom. The van der Waals surface area contributed by atoms with Gasteiger partial charge in [0.15, 0.2) is 0 Å². The van der Waals surface area contributed by atoms with E-state index in [-0.39, 0.29) is 11.1 Å². The van der Waals surface area contributed by atoms with Gasteiger partial charge in [-0.25, -0.2) is 9.78 Å². The molecule has 0 saturated carbocycles. The number of hydrogen-bond acceptors (Lipinski definition) is 4. The number of rotatable bonds is 3. The second-order valence-corrected chi connectivity index (χ2v) is 7.99. The van der Waals surface area contributed by atoms with Crippen LogP contribution < -0.4 is 5.56 Å². The molecule has 1 N–H and O–H groups in total. The monoisotopic (exact) mass is 452 g/mol. The summed E-state index contributed by atoms with van der Waals surface area (Å²) in [4.78, 5) is 28.7. The molecule has 1 aliphatic rings. The van der Waals surface area contributed by atoms with E-state index in [2.05, 4.69) is 4.98 Å². The first-order valence-electron chi connectivity index (χ1n) is 9.45. The standard InChI is InChI=1S/C23H14Cl2N2O4/c24-17-5-2-12(10-18(17)25)20-6-3-15(31-20)9-13-7-8-27-21(13)26-19-11-14(23(29)30)1-4-16(19)22(27)28/h1-6,9-11H,7-8H2,(H,29,30)/b13-9+. The summed E-state index contributed by atoms with van der Waals surface area (Å²) in [6, 6.07) is 13.3. The quantitative estimate of drug-likeness (QED) is 0.436. The number of carboxylic acids is 1. The lowest BCUT2D eigenvalue weighted by Gasteiger charge is -2.06. The Hall–Kier alpha value is -3.35. The van der Waals surface area contributed by atoms with Crippen molar-refractivity contribution in [3.05, 3.63) is 86.1 Å². The highest BCUT2D eigenvalue weighted by atomic mass is 35.5. The van der Waals surface area contributed by atoms with Crippen molar-refractivity contribution < 1.29 is 14.3 Å². The van der Waals surface area contributed by atoms with E-state index < -0.39 is 5.97 Å². The van der Waals surface area contributed by atoms with Crippen LogP contribution in [-0.2, 0) is 6.54 Å². The zero-order valence-corrected chi connectivity index (χ0v) is 17.4. The average molecular weight is 453 g/mol. The molecule has 2 aromatic heterocycles. The van der Waals surface area contributed by atoms with E-state index >= 15 is 0 Å². The normalized spacial score (nSPS) is 14.3. The van der Waals surface area contributed by atoms with Gasteiger partial charge in [-0.2, -0.15) is 0 Å². The van der Waals surface area contributed by atoms with Gasteiger partial charge < -0.3 is 9.52 Å². The second kappa shape index (κ2) is 7.41. The molecule has 0 spiro atoms. The van der Waals surface area contributed by atoms with E-state index in [1.165, 1.54) is 18.2 Å². The number of furan rings is 1. The summed E-state index contributed by atoms with van der Waals surface area (Å²) in [5, 5.41) is 10.5. The first-order valence-corrected chi connectivity index (χ1v) is 10.2. The molecule has 1 aliphatic heterocycles. The Morgan fingerprint density at radius 1 is 1.10 bits per heavy atom. The van der Waals surface area contributed by atoms with Crippen LogP contribution in [-0.4, -0.2) is 20.6 Å². The molecule has 0 saturated heterocycles. The molecule has 0 bridgehead atoms. The molecule has 0 atom stereocenters. The number of fused-ring (bicyclic) bond motifs is 2. The summed E-state index contributed by atoms with van der Waals surface area (Å²) in [5.41, 5.74) is 1.91. The van der Waals surface area contributed by atoms with Crippen LogP contribution in [0.1, 0.15) is 28.4 Å². The van der Waals surface area contributed by atoms with Gasteiger partial charge in [-0.15, -0.1) is 0 Å². The molecule has 31 heavy (non-hydrogen) atoms. The predicted octanol–water partition coefficient (Wildman–Crippen LogP) is 5.61. The van der Waals surface area contributed by atoms with Crippen molar-refractivity contribution in [3.8, 4) is 11.3 Å². The number of hydrogen-bond donors (Lipinski definition) is 1.